The maximum Gasteiger partial charge on any atom is 0.413 e. The van der Waals surface area contributed by atoms with Gasteiger partial charge in [0.15, 0.2) is 6.10 Å². The van der Waals surface area contributed by atoms with Crippen molar-refractivity contribution < 1.29 is 23.8 Å². The lowest BCUT2D eigenvalue weighted by Gasteiger charge is -2.18. The first-order valence-electron chi connectivity index (χ1n) is 5.13. The van der Waals surface area contributed by atoms with Gasteiger partial charge in [-0.1, -0.05) is 6.08 Å². The van der Waals surface area contributed by atoms with E-state index in [0.29, 0.717) is 6.54 Å². The number of carbonyl (C=O) groups excluding carboxylic acids is 2. The molecule has 1 amide bonds. The van der Waals surface area contributed by atoms with Crippen molar-refractivity contribution in [3.05, 3.63) is 23.9 Å². The number of rotatable bonds is 2. The van der Waals surface area contributed by atoms with E-state index >= 15 is 0 Å². The number of hydrogen-bond donors (Lipinski definition) is 0. The fourth-order valence-electron chi connectivity index (χ4n) is 1.63. The number of carbonyl (C=O) groups is 2. The van der Waals surface area contributed by atoms with E-state index in [1.54, 1.807) is 12.3 Å². The van der Waals surface area contributed by atoms with Crippen LogP contribution in [0.25, 0.3) is 0 Å². The first kappa shape index (κ1) is 11.7. The molecular formula is C11H13NO5. The first-order chi connectivity index (χ1) is 8.17. The van der Waals surface area contributed by atoms with E-state index < -0.39 is 12.2 Å². The van der Waals surface area contributed by atoms with Crippen LogP contribution in [0.4, 0.5) is 4.79 Å². The molecule has 2 atom stereocenters. The van der Waals surface area contributed by atoms with Crippen LogP contribution in [0.1, 0.15) is 0 Å². The Morgan fingerprint density at radius 3 is 2.71 bits per heavy atom. The van der Waals surface area contributed by atoms with Gasteiger partial charge in [-0.2, -0.15) is 0 Å². The van der Waals surface area contributed by atoms with Crippen molar-refractivity contribution in [2.75, 3.05) is 20.8 Å². The van der Waals surface area contributed by atoms with Gasteiger partial charge in [-0.3, -0.25) is 4.90 Å². The highest BCUT2D eigenvalue weighted by Crippen LogP contribution is 2.32. The molecular weight excluding hydrogens is 226 g/mol. The van der Waals surface area contributed by atoms with Crippen molar-refractivity contribution in [2.45, 2.75) is 12.2 Å². The quantitative estimate of drug-likeness (QED) is 0.517. The van der Waals surface area contributed by atoms with Crippen molar-refractivity contribution in [3.8, 4) is 0 Å². The summed E-state index contributed by atoms with van der Waals surface area (Å²) < 4.78 is 14.4. The number of methoxy groups -OCH3 is 2. The highest BCUT2D eigenvalue weighted by molar-refractivity contribution is 5.79. The molecule has 1 saturated heterocycles. The van der Waals surface area contributed by atoms with Crippen molar-refractivity contribution in [2.24, 2.45) is 0 Å². The Balaban J connectivity index is 1.91. The van der Waals surface area contributed by atoms with Crippen LogP contribution in [-0.2, 0) is 19.0 Å². The third-order valence-electron chi connectivity index (χ3n) is 2.63. The van der Waals surface area contributed by atoms with Crippen molar-refractivity contribution in [1.82, 2.24) is 4.90 Å². The van der Waals surface area contributed by atoms with Gasteiger partial charge in [0, 0.05) is 12.7 Å². The first-order valence-corrected chi connectivity index (χ1v) is 5.13. The summed E-state index contributed by atoms with van der Waals surface area (Å²) in [7, 11) is 2.65. The smallest absolute Gasteiger partial charge is 0.413 e. The third-order valence-corrected chi connectivity index (χ3v) is 2.63. The second kappa shape index (κ2) is 4.58. The topological polar surface area (TPSA) is 68.4 Å². The summed E-state index contributed by atoms with van der Waals surface area (Å²) >= 11 is 0. The Hall–Kier alpha value is -1.82. The summed E-state index contributed by atoms with van der Waals surface area (Å²) in [4.78, 5) is 23.8. The summed E-state index contributed by atoms with van der Waals surface area (Å²) in [5, 5.41) is 0. The lowest BCUT2D eigenvalue weighted by Crippen LogP contribution is -2.28. The zero-order chi connectivity index (χ0) is 12.4. The van der Waals surface area contributed by atoms with Gasteiger partial charge in [-0.25, -0.2) is 9.59 Å². The molecule has 0 aromatic heterocycles. The molecule has 2 aliphatic rings. The Morgan fingerprint density at radius 1 is 1.41 bits per heavy atom. The second-order valence-electron chi connectivity index (χ2n) is 3.64. The number of esters is 1. The van der Waals surface area contributed by atoms with Crippen LogP contribution >= 0.6 is 0 Å². The molecule has 0 unspecified atom stereocenters. The molecule has 6 heteroatoms. The molecule has 0 N–H and O–H groups in total. The minimum Gasteiger partial charge on any atom is -0.467 e. The lowest BCUT2D eigenvalue weighted by atomic mass is 10.1. The van der Waals surface area contributed by atoms with Gasteiger partial charge in [0.25, 0.3) is 0 Å². The fourth-order valence-corrected chi connectivity index (χ4v) is 1.63. The normalized spacial score (nSPS) is 26.2. The molecule has 6 nitrogen and oxygen atoms in total. The van der Waals surface area contributed by atoms with Crippen LogP contribution in [0.15, 0.2) is 23.9 Å². The van der Waals surface area contributed by atoms with E-state index in [2.05, 4.69) is 9.47 Å². The molecule has 1 fully saturated rings. The van der Waals surface area contributed by atoms with Crippen LogP contribution in [0, 0.1) is 0 Å². The van der Waals surface area contributed by atoms with Gasteiger partial charge >= 0.3 is 12.1 Å². The molecule has 2 aliphatic heterocycles. The maximum absolute atomic E-state index is 11.2. The van der Waals surface area contributed by atoms with E-state index in [9.17, 15) is 9.59 Å². The van der Waals surface area contributed by atoms with Crippen molar-refractivity contribution in [3.63, 3.8) is 0 Å². The largest absolute Gasteiger partial charge is 0.467 e. The predicted molar refractivity (Wildman–Crippen MR) is 57.0 cm³/mol. The molecule has 92 valence electrons. The van der Waals surface area contributed by atoms with E-state index in [4.69, 9.17) is 4.74 Å². The number of amides is 1. The van der Waals surface area contributed by atoms with E-state index in [1.807, 2.05) is 6.08 Å². The van der Waals surface area contributed by atoms with Gasteiger partial charge in [0.1, 0.15) is 6.10 Å². The van der Waals surface area contributed by atoms with Crippen LogP contribution < -0.4 is 0 Å². The predicted octanol–water partition coefficient (Wildman–Crippen LogP) is 0.449. The average molecular weight is 239 g/mol. The van der Waals surface area contributed by atoms with Crippen molar-refractivity contribution in [1.29, 1.82) is 0 Å². The van der Waals surface area contributed by atoms with E-state index in [-0.39, 0.29) is 12.1 Å². The molecule has 0 bridgehead atoms. The zero-order valence-corrected chi connectivity index (χ0v) is 9.58. The number of hydrogen-bond acceptors (Lipinski definition) is 5. The summed E-state index contributed by atoms with van der Waals surface area (Å²) in [5.41, 5.74) is 0.876. The van der Waals surface area contributed by atoms with Gasteiger partial charge < -0.3 is 14.2 Å². The molecule has 2 heterocycles. The Morgan fingerprint density at radius 2 is 2.18 bits per heavy atom. The third kappa shape index (κ3) is 2.31. The standard InChI is InChI=1S/C11H13NO5/c1-15-10(13)9-8(17-9)7-3-5-12(6-4-7)11(14)16-2/h3-5,8-9H,6H2,1-2H3/t8-,9-/m0/s1. The number of ether oxygens (including phenoxy) is 3. The molecule has 17 heavy (non-hydrogen) atoms. The summed E-state index contributed by atoms with van der Waals surface area (Å²) in [6.07, 6.45) is 3.98. The average Bonchev–Trinajstić information content (AvgIpc) is 3.17. The molecule has 2 rings (SSSR count). The molecule has 0 spiro atoms. The zero-order valence-electron chi connectivity index (χ0n) is 9.58. The molecule has 0 radical (unpaired) electrons. The Kier molecular flexibility index (Phi) is 3.14. The van der Waals surface area contributed by atoms with Gasteiger partial charge in [0.05, 0.1) is 14.2 Å². The number of epoxide rings is 1. The minimum atomic E-state index is -0.513. The summed E-state index contributed by atoms with van der Waals surface area (Å²) in [5.74, 6) is -0.375. The highest BCUT2D eigenvalue weighted by atomic mass is 16.6. The van der Waals surface area contributed by atoms with E-state index in [0.717, 1.165) is 5.57 Å². The van der Waals surface area contributed by atoms with Crippen LogP contribution in [-0.4, -0.2) is 49.9 Å². The van der Waals surface area contributed by atoms with Crippen molar-refractivity contribution >= 4 is 12.1 Å². The molecule has 0 aliphatic carbocycles. The Labute approximate surface area is 98.4 Å². The van der Waals surface area contributed by atoms with Crippen LogP contribution in [0.3, 0.4) is 0 Å². The minimum absolute atomic E-state index is 0.251. The fraction of sp³-hybridized carbons (Fsp3) is 0.455. The van der Waals surface area contributed by atoms with Gasteiger partial charge in [-0.15, -0.1) is 0 Å². The summed E-state index contributed by atoms with van der Waals surface area (Å²) in [6.45, 7) is 0.409. The Bertz CT molecular complexity index is 401. The maximum atomic E-state index is 11.2. The number of nitrogens with zero attached hydrogens (tertiary/aromatic N) is 1. The van der Waals surface area contributed by atoms with Gasteiger partial charge in [-0.05, 0) is 11.6 Å². The lowest BCUT2D eigenvalue weighted by molar-refractivity contribution is -0.142. The highest BCUT2D eigenvalue weighted by Gasteiger charge is 2.48. The SMILES string of the molecule is COC(=O)[C@H]1O[C@H]1C1=CCN(C(=O)OC)C=C1. The van der Waals surface area contributed by atoms with Crippen LogP contribution in [0.2, 0.25) is 0 Å². The van der Waals surface area contributed by atoms with Crippen LogP contribution in [0.5, 0.6) is 0 Å². The molecule has 0 aromatic rings. The molecule has 0 saturated carbocycles. The summed E-state index contributed by atoms with van der Waals surface area (Å²) in [6, 6.07) is 0. The second-order valence-corrected chi connectivity index (χ2v) is 3.64. The van der Waals surface area contributed by atoms with Gasteiger partial charge in [0.2, 0.25) is 0 Å². The molecule has 0 aromatic carbocycles. The monoisotopic (exact) mass is 239 g/mol. The van der Waals surface area contributed by atoms with E-state index in [1.165, 1.54) is 19.1 Å².